The van der Waals surface area contributed by atoms with Crippen molar-refractivity contribution in [3.63, 3.8) is 0 Å². The zero-order valence-corrected chi connectivity index (χ0v) is 13.4. The number of carbonyl (C=O) groups is 1. The highest BCUT2D eigenvalue weighted by molar-refractivity contribution is 5.93. The molecule has 0 saturated carbocycles. The van der Waals surface area contributed by atoms with Gasteiger partial charge >= 0.3 is 5.97 Å². The number of aromatic nitrogens is 3. The molecule has 2 heterocycles. The molecule has 0 amide bonds. The second kappa shape index (κ2) is 7.37. The average Bonchev–Trinajstić information content (AvgIpc) is 3.06. The predicted octanol–water partition coefficient (Wildman–Crippen LogP) is 2.63. The van der Waals surface area contributed by atoms with E-state index in [1.165, 1.54) is 24.8 Å². The van der Waals surface area contributed by atoms with Gasteiger partial charge in [0.05, 0.1) is 6.61 Å². The van der Waals surface area contributed by atoms with Gasteiger partial charge in [0.25, 0.3) is 0 Å². The van der Waals surface area contributed by atoms with Gasteiger partial charge in [-0.2, -0.15) is 10.3 Å². The number of hydrogen-bond acceptors (Lipinski definition) is 5. The Morgan fingerprint density at radius 2 is 2.09 bits per heavy atom. The number of rotatable bonds is 5. The summed E-state index contributed by atoms with van der Waals surface area (Å²) in [7, 11) is 0. The van der Waals surface area contributed by atoms with Crippen molar-refractivity contribution in [2.24, 2.45) is 0 Å². The molecule has 0 bridgehead atoms. The third-order valence-electron chi connectivity index (χ3n) is 4.07. The van der Waals surface area contributed by atoms with E-state index in [1.807, 2.05) is 12.1 Å². The van der Waals surface area contributed by atoms with Gasteiger partial charge in [0.15, 0.2) is 5.69 Å². The van der Waals surface area contributed by atoms with E-state index in [1.54, 1.807) is 6.92 Å². The Kier molecular flexibility index (Phi) is 5.02. The van der Waals surface area contributed by atoms with Crippen molar-refractivity contribution < 1.29 is 9.53 Å². The summed E-state index contributed by atoms with van der Waals surface area (Å²) in [6.45, 7) is 5.34. The fourth-order valence-electron chi connectivity index (χ4n) is 2.97. The minimum atomic E-state index is -0.447. The van der Waals surface area contributed by atoms with Gasteiger partial charge in [-0.05, 0) is 44.5 Å². The highest BCUT2D eigenvalue weighted by atomic mass is 16.5. The fraction of sp³-hybridized carbons (Fsp3) is 0.471. The van der Waals surface area contributed by atoms with Crippen molar-refractivity contribution in [3.8, 4) is 11.3 Å². The van der Waals surface area contributed by atoms with E-state index in [9.17, 15) is 4.79 Å². The van der Waals surface area contributed by atoms with Crippen LogP contribution < -0.4 is 0 Å². The van der Waals surface area contributed by atoms with Gasteiger partial charge in [-0.25, -0.2) is 4.79 Å². The molecule has 0 aliphatic carbocycles. The lowest BCUT2D eigenvalue weighted by atomic mass is 10.0. The summed E-state index contributed by atoms with van der Waals surface area (Å²) in [5.41, 5.74) is 2.89. The molecule has 0 atom stereocenters. The first-order valence-corrected chi connectivity index (χ1v) is 8.17. The molecule has 122 valence electrons. The summed E-state index contributed by atoms with van der Waals surface area (Å²) >= 11 is 0. The van der Waals surface area contributed by atoms with Gasteiger partial charge in [-0.3, -0.25) is 4.90 Å². The lowest BCUT2D eigenvalue weighted by Crippen LogP contribution is -2.29. The van der Waals surface area contributed by atoms with Crippen LogP contribution >= 0.6 is 0 Å². The van der Waals surface area contributed by atoms with E-state index in [-0.39, 0.29) is 5.69 Å². The zero-order chi connectivity index (χ0) is 16.1. The van der Waals surface area contributed by atoms with Crippen molar-refractivity contribution in [2.45, 2.75) is 32.7 Å². The molecule has 0 spiro atoms. The molecule has 1 aromatic heterocycles. The predicted molar refractivity (Wildman–Crippen MR) is 86.9 cm³/mol. The van der Waals surface area contributed by atoms with Gasteiger partial charge in [-0.15, -0.1) is 5.10 Å². The van der Waals surface area contributed by atoms with Crippen LogP contribution in [0.15, 0.2) is 24.3 Å². The Morgan fingerprint density at radius 1 is 1.26 bits per heavy atom. The number of carbonyl (C=O) groups excluding carboxylic acids is 1. The van der Waals surface area contributed by atoms with Crippen LogP contribution in [0.4, 0.5) is 0 Å². The number of hydrogen-bond donors (Lipinski definition) is 1. The lowest BCUT2D eigenvalue weighted by molar-refractivity contribution is 0.0520. The van der Waals surface area contributed by atoms with Crippen molar-refractivity contribution in [3.05, 3.63) is 35.5 Å². The van der Waals surface area contributed by atoms with Crippen molar-refractivity contribution in [1.29, 1.82) is 0 Å². The van der Waals surface area contributed by atoms with E-state index < -0.39 is 5.97 Å². The van der Waals surface area contributed by atoms with Crippen molar-refractivity contribution in [1.82, 2.24) is 20.3 Å². The first-order valence-electron chi connectivity index (χ1n) is 8.17. The van der Waals surface area contributed by atoms with Crippen molar-refractivity contribution >= 4 is 5.97 Å². The molecule has 1 saturated heterocycles. The molecular formula is C17H22N4O2. The Morgan fingerprint density at radius 3 is 2.87 bits per heavy atom. The van der Waals surface area contributed by atoms with Crippen LogP contribution in [0.5, 0.6) is 0 Å². The normalized spacial score (nSPS) is 15.5. The summed E-state index contributed by atoms with van der Waals surface area (Å²) in [4.78, 5) is 14.4. The Labute approximate surface area is 135 Å². The molecule has 6 nitrogen and oxygen atoms in total. The standard InChI is InChI=1S/C17H22N4O2/c1-2-23-17(22)16-15(18-20-19-16)14-8-6-7-13(11-14)12-21-9-4-3-5-10-21/h6-8,11H,2-5,9-10,12H2,1H3,(H,18,19,20). The Hall–Kier alpha value is -2.21. The summed E-state index contributed by atoms with van der Waals surface area (Å²) in [6, 6.07) is 8.13. The molecular weight excluding hydrogens is 292 g/mol. The molecule has 23 heavy (non-hydrogen) atoms. The largest absolute Gasteiger partial charge is 0.461 e. The third-order valence-corrected chi connectivity index (χ3v) is 4.07. The second-order valence-corrected chi connectivity index (χ2v) is 5.78. The maximum absolute atomic E-state index is 11.9. The third kappa shape index (κ3) is 3.76. The van der Waals surface area contributed by atoms with Gasteiger partial charge in [0, 0.05) is 12.1 Å². The molecule has 2 aromatic rings. The first kappa shape index (κ1) is 15.7. The number of benzene rings is 1. The summed E-state index contributed by atoms with van der Waals surface area (Å²) in [5.74, 6) is -0.447. The van der Waals surface area contributed by atoms with Gasteiger partial charge in [0.2, 0.25) is 0 Å². The molecule has 1 fully saturated rings. The first-order chi connectivity index (χ1) is 11.3. The molecule has 1 aromatic carbocycles. The minimum Gasteiger partial charge on any atom is -0.461 e. The average molecular weight is 314 g/mol. The number of nitrogens with one attached hydrogen (secondary N) is 1. The van der Waals surface area contributed by atoms with Crippen LogP contribution in [-0.2, 0) is 11.3 Å². The molecule has 1 N–H and O–H groups in total. The Bertz CT molecular complexity index is 662. The van der Waals surface area contributed by atoms with E-state index >= 15 is 0 Å². The second-order valence-electron chi connectivity index (χ2n) is 5.78. The zero-order valence-electron chi connectivity index (χ0n) is 13.4. The number of nitrogens with zero attached hydrogens (tertiary/aromatic N) is 3. The van der Waals surface area contributed by atoms with Crippen LogP contribution in [-0.4, -0.2) is 46.0 Å². The molecule has 1 aliphatic heterocycles. The minimum absolute atomic E-state index is 0.238. The number of aromatic amines is 1. The topological polar surface area (TPSA) is 71.1 Å². The van der Waals surface area contributed by atoms with Crippen LogP contribution in [0, 0.1) is 0 Å². The monoisotopic (exact) mass is 314 g/mol. The highest BCUT2D eigenvalue weighted by Gasteiger charge is 2.19. The van der Waals surface area contributed by atoms with E-state index in [2.05, 4.69) is 32.4 Å². The molecule has 1 aliphatic rings. The van der Waals surface area contributed by atoms with Crippen molar-refractivity contribution in [2.75, 3.05) is 19.7 Å². The SMILES string of the molecule is CCOC(=O)c1n[nH]nc1-c1cccc(CN2CCCCC2)c1. The van der Waals surface area contributed by atoms with E-state index in [0.29, 0.717) is 12.3 Å². The maximum atomic E-state index is 11.9. The molecule has 0 radical (unpaired) electrons. The number of esters is 1. The summed E-state index contributed by atoms with van der Waals surface area (Å²) in [5, 5.41) is 10.6. The smallest absolute Gasteiger partial charge is 0.361 e. The quantitative estimate of drug-likeness (QED) is 0.859. The van der Waals surface area contributed by atoms with Gasteiger partial charge in [0.1, 0.15) is 5.69 Å². The number of H-pyrrole nitrogens is 1. The number of likely N-dealkylation sites (tertiary alicyclic amines) is 1. The maximum Gasteiger partial charge on any atom is 0.361 e. The lowest BCUT2D eigenvalue weighted by Gasteiger charge is -2.26. The number of piperidine rings is 1. The molecule has 6 heteroatoms. The van der Waals surface area contributed by atoms with Crippen LogP contribution in [0.1, 0.15) is 42.2 Å². The summed E-state index contributed by atoms with van der Waals surface area (Å²) < 4.78 is 5.03. The number of ether oxygens (including phenoxy) is 1. The highest BCUT2D eigenvalue weighted by Crippen LogP contribution is 2.22. The molecule has 3 rings (SSSR count). The van der Waals surface area contributed by atoms with Crippen LogP contribution in [0.25, 0.3) is 11.3 Å². The Balaban J connectivity index is 1.80. The van der Waals surface area contributed by atoms with Crippen LogP contribution in [0.2, 0.25) is 0 Å². The van der Waals surface area contributed by atoms with E-state index in [4.69, 9.17) is 4.74 Å². The van der Waals surface area contributed by atoms with E-state index in [0.717, 1.165) is 25.2 Å². The summed E-state index contributed by atoms with van der Waals surface area (Å²) in [6.07, 6.45) is 3.88. The van der Waals surface area contributed by atoms with Gasteiger partial charge < -0.3 is 4.74 Å². The van der Waals surface area contributed by atoms with Crippen LogP contribution in [0.3, 0.4) is 0 Å². The van der Waals surface area contributed by atoms with Gasteiger partial charge in [-0.1, -0.05) is 24.6 Å². The fourth-order valence-corrected chi connectivity index (χ4v) is 2.97. The molecule has 0 unspecified atom stereocenters.